The molecule has 0 rings (SSSR count). The molecule has 0 aromatic rings. The van der Waals surface area contributed by atoms with Gasteiger partial charge in [0, 0.05) is 26.4 Å². The molecule has 0 unspecified atom stereocenters. The van der Waals surface area contributed by atoms with Crippen LogP contribution in [0.5, 0.6) is 0 Å². The summed E-state index contributed by atoms with van der Waals surface area (Å²) in [5, 5.41) is 23.8. The fraction of sp³-hybridized carbons (Fsp3) is 0.897. The average molecular weight is 1180 g/mol. The second-order valence-corrected chi connectivity index (χ2v) is 25.7. The number of ether oxygens (including phenoxy) is 4. The predicted molar refractivity (Wildman–Crippen MR) is 371 cm³/mol. The molecule has 498 valence electrons. The normalized spacial score (nSPS) is 13.7. The molecule has 84 heavy (non-hydrogen) atoms. The van der Waals surface area contributed by atoms with E-state index in [1.165, 1.54) is 308 Å². The van der Waals surface area contributed by atoms with Crippen molar-refractivity contribution in [2.75, 3.05) is 39.6 Å². The van der Waals surface area contributed by atoms with Crippen molar-refractivity contribution in [3.05, 3.63) is 48.6 Å². The minimum Gasteiger partial charge on any atom is -0.388 e. The minimum absolute atomic E-state index is 0.271. The van der Waals surface area contributed by atoms with Crippen LogP contribution < -0.4 is 0 Å². The third-order valence-electron chi connectivity index (χ3n) is 17.3. The first-order valence-electron chi connectivity index (χ1n) is 38.0. The highest BCUT2D eigenvalue weighted by Gasteiger charge is 2.34. The summed E-state index contributed by atoms with van der Waals surface area (Å²) in [4.78, 5) is 0. The maximum Gasteiger partial charge on any atom is 0.111 e. The van der Waals surface area contributed by atoms with Crippen LogP contribution in [0.2, 0.25) is 0 Å². The zero-order valence-electron chi connectivity index (χ0n) is 57.3. The minimum atomic E-state index is -1.13. The molecule has 6 nitrogen and oxygen atoms in total. The van der Waals surface area contributed by atoms with Crippen LogP contribution in [0.1, 0.15) is 387 Å². The molecule has 0 fully saturated rings. The Hall–Kier alpha value is -1.28. The number of allylic oxidation sites excluding steroid dienone is 8. The van der Waals surface area contributed by atoms with Gasteiger partial charge in [-0.25, -0.2) is 0 Å². The Morgan fingerprint density at radius 1 is 0.214 bits per heavy atom. The largest absolute Gasteiger partial charge is 0.388 e. The lowest BCUT2D eigenvalue weighted by Crippen LogP contribution is -2.50. The van der Waals surface area contributed by atoms with E-state index >= 15 is 0 Å². The summed E-state index contributed by atoms with van der Waals surface area (Å²) in [6.45, 7) is 12.1. The maximum atomic E-state index is 11.9. The summed E-state index contributed by atoms with van der Waals surface area (Å²) in [6.07, 6.45) is 87.0. The Labute approximate surface area is 526 Å². The predicted octanol–water partition coefficient (Wildman–Crippen LogP) is 24.7. The van der Waals surface area contributed by atoms with Gasteiger partial charge in [0.05, 0.1) is 13.2 Å². The van der Waals surface area contributed by atoms with Gasteiger partial charge in [-0.3, -0.25) is 0 Å². The van der Waals surface area contributed by atoms with Gasteiger partial charge in [-0.1, -0.05) is 307 Å². The molecule has 0 amide bonds. The Bertz CT molecular complexity index is 1210. The van der Waals surface area contributed by atoms with Crippen LogP contribution in [-0.4, -0.2) is 74.3 Å². The Kier molecular flexibility index (Phi) is 73.1. The van der Waals surface area contributed by atoms with Gasteiger partial charge in [0.2, 0.25) is 0 Å². The molecule has 0 aromatic heterocycles. The molecule has 0 radical (unpaired) electrons. The van der Waals surface area contributed by atoms with Crippen LogP contribution in [0.25, 0.3) is 0 Å². The highest BCUT2D eigenvalue weighted by Crippen LogP contribution is 2.19. The van der Waals surface area contributed by atoms with Gasteiger partial charge in [-0.15, -0.1) is 0 Å². The van der Waals surface area contributed by atoms with Gasteiger partial charge < -0.3 is 29.2 Å². The first-order valence-corrected chi connectivity index (χ1v) is 38.0. The number of aliphatic hydroxyl groups is 2. The van der Waals surface area contributed by atoms with E-state index in [0.717, 1.165) is 51.4 Å². The number of hydrogen-bond acceptors (Lipinski definition) is 6. The summed E-state index contributed by atoms with van der Waals surface area (Å²) < 4.78 is 25.4. The van der Waals surface area contributed by atoms with E-state index < -0.39 is 24.4 Å². The van der Waals surface area contributed by atoms with E-state index in [2.05, 4.69) is 76.3 Å². The second-order valence-electron chi connectivity index (χ2n) is 25.7. The third kappa shape index (κ3) is 65.2. The van der Waals surface area contributed by atoms with Crippen LogP contribution in [0.15, 0.2) is 48.6 Å². The zero-order chi connectivity index (χ0) is 60.6. The lowest BCUT2D eigenvalue weighted by Gasteiger charge is -2.32. The van der Waals surface area contributed by atoms with Crippen molar-refractivity contribution < 1.29 is 29.2 Å². The Morgan fingerprint density at radius 2 is 0.381 bits per heavy atom. The smallest absolute Gasteiger partial charge is 0.111 e. The molecule has 0 heterocycles. The monoisotopic (exact) mass is 1180 g/mol. The van der Waals surface area contributed by atoms with Crippen molar-refractivity contribution in [2.45, 2.75) is 412 Å². The molecule has 0 spiro atoms. The number of rotatable bonds is 73. The molecule has 0 bridgehead atoms. The van der Waals surface area contributed by atoms with Crippen molar-refractivity contribution in [1.82, 2.24) is 0 Å². The van der Waals surface area contributed by atoms with Crippen LogP contribution in [0.3, 0.4) is 0 Å². The molecular weight excluding hydrogens is 1030 g/mol. The fourth-order valence-corrected chi connectivity index (χ4v) is 11.4. The van der Waals surface area contributed by atoms with Gasteiger partial charge in [0.1, 0.15) is 24.4 Å². The average Bonchev–Trinajstić information content (AvgIpc) is 3.55. The highest BCUT2D eigenvalue weighted by atomic mass is 16.6. The summed E-state index contributed by atoms with van der Waals surface area (Å²) >= 11 is 0. The van der Waals surface area contributed by atoms with Crippen LogP contribution in [-0.2, 0) is 18.9 Å². The first kappa shape index (κ1) is 82.7. The fourth-order valence-electron chi connectivity index (χ4n) is 11.4. The van der Waals surface area contributed by atoms with E-state index in [1.54, 1.807) is 0 Å². The molecule has 0 aliphatic carbocycles. The second kappa shape index (κ2) is 74.2. The third-order valence-corrected chi connectivity index (χ3v) is 17.3. The molecule has 6 heteroatoms. The topological polar surface area (TPSA) is 77.4 Å². The molecule has 4 atom stereocenters. The van der Waals surface area contributed by atoms with Gasteiger partial charge in [0.25, 0.3) is 0 Å². The van der Waals surface area contributed by atoms with Crippen LogP contribution in [0, 0.1) is 0 Å². The summed E-state index contributed by atoms with van der Waals surface area (Å²) in [7, 11) is 0. The van der Waals surface area contributed by atoms with Crippen molar-refractivity contribution >= 4 is 0 Å². The molecule has 0 aliphatic rings. The van der Waals surface area contributed by atoms with Crippen LogP contribution >= 0.6 is 0 Å². The Morgan fingerprint density at radius 3 is 0.583 bits per heavy atom. The quantitative estimate of drug-likeness (QED) is 0.0467. The molecule has 2 N–H and O–H groups in total. The van der Waals surface area contributed by atoms with Crippen LogP contribution in [0.4, 0.5) is 0 Å². The molecule has 0 aliphatic heterocycles. The Balaban J connectivity index is 5.18. The maximum absolute atomic E-state index is 11.9. The van der Waals surface area contributed by atoms with E-state index in [1.807, 2.05) is 0 Å². The van der Waals surface area contributed by atoms with Crippen molar-refractivity contribution in [3.8, 4) is 0 Å². The van der Waals surface area contributed by atoms with Crippen molar-refractivity contribution in [3.63, 3.8) is 0 Å². The van der Waals surface area contributed by atoms with Crippen molar-refractivity contribution in [1.29, 1.82) is 0 Å². The number of hydrogen-bond donors (Lipinski definition) is 2. The number of aliphatic hydroxyl groups excluding tert-OH is 2. The zero-order valence-corrected chi connectivity index (χ0v) is 57.3. The summed E-state index contributed by atoms with van der Waals surface area (Å²) in [5.41, 5.74) is 0. The molecule has 0 aromatic carbocycles. The molecule has 0 saturated heterocycles. The van der Waals surface area contributed by atoms with E-state index in [9.17, 15) is 10.2 Å². The SMILES string of the molecule is CCCCCCCC/C=C\CCCCCCCCOC[C@@H](OCCCCCCCC/C=C\CCCCCCCC)[C@@H](O)[C@H](O)[C@@H](COCCCCCCCC/C=C\CCCCCCCC)OCCCCCCCC/C=C\CCCCCCCC. The highest BCUT2D eigenvalue weighted by molar-refractivity contribution is 4.85. The first-order chi connectivity index (χ1) is 41.6. The van der Waals surface area contributed by atoms with E-state index in [-0.39, 0.29) is 13.2 Å². The lowest BCUT2D eigenvalue weighted by molar-refractivity contribution is -0.163. The van der Waals surface area contributed by atoms with Gasteiger partial charge in [0.15, 0.2) is 0 Å². The van der Waals surface area contributed by atoms with Gasteiger partial charge in [-0.05, 0) is 128 Å². The number of unbranched alkanes of at least 4 members (excludes halogenated alkanes) is 48. The van der Waals surface area contributed by atoms with E-state index in [4.69, 9.17) is 18.9 Å². The van der Waals surface area contributed by atoms with E-state index in [0.29, 0.717) is 26.4 Å². The van der Waals surface area contributed by atoms with Gasteiger partial charge in [-0.2, -0.15) is 0 Å². The van der Waals surface area contributed by atoms with Gasteiger partial charge >= 0.3 is 0 Å². The lowest BCUT2D eigenvalue weighted by atomic mass is 10.0. The summed E-state index contributed by atoms with van der Waals surface area (Å²) in [6, 6.07) is 0. The summed E-state index contributed by atoms with van der Waals surface area (Å²) in [5.74, 6) is 0. The standard InChI is InChI=1S/C78H150O6/c1-5-9-13-17-21-25-29-33-37-41-45-49-53-57-61-65-69-81-73-75(83-71-67-63-59-55-51-47-43-39-35-31-27-23-19-15-11-7-3)77(79)78(80)76(84-72-68-64-60-56-52-48-44-40-36-32-28-24-20-16-12-8-4)74-82-70-66-62-58-54-50-46-42-38-34-30-26-22-18-14-10-6-2/h33-40,75-80H,5-32,41-74H2,1-4H3/b37-33-,38-34-,39-35-,40-36-/t75-,76-,77-,78-/m1/s1. The molecular formula is C78H150O6. The molecule has 0 saturated carbocycles. The van der Waals surface area contributed by atoms with Crippen molar-refractivity contribution in [2.24, 2.45) is 0 Å².